The Morgan fingerprint density at radius 1 is 1.03 bits per heavy atom. The monoisotopic (exact) mass is 392 g/mol. The van der Waals surface area contributed by atoms with Crippen LogP contribution in [0.5, 0.6) is 5.75 Å². The number of hydrogen-bond acceptors (Lipinski definition) is 4. The SMILES string of the molecule is CCc1nccn1CCN1CCN(C(=O)COc2ccc3ccccc3c2)CC1. The highest BCUT2D eigenvalue weighted by molar-refractivity contribution is 5.84. The summed E-state index contributed by atoms with van der Waals surface area (Å²) >= 11 is 0. The third-order valence-corrected chi connectivity index (χ3v) is 5.58. The molecule has 1 amide bonds. The molecule has 0 aliphatic carbocycles. The average molecular weight is 393 g/mol. The number of aryl methyl sites for hydroxylation is 1. The Balaban J connectivity index is 1.22. The van der Waals surface area contributed by atoms with Crippen LogP contribution in [-0.2, 0) is 17.8 Å². The van der Waals surface area contributed by atoms with E-state index in [1.54, 1.807) is 0 Å². The first-order valence-electron chi connectivity index (χ1n) is 10.3. The van der Waals surface area contributed by atoms with Crippen LogP contribution in [-0.4, -0.2) is 64.6 Å². The first kappa shape index (κ1) is 19.5. The molecule has 0 atom stereocenters. The first-order valence-corrected chi connectivity index (χ1v) is 10.3. The maximum Gasteiger partial charge on any atom is 0.260 e. The summed E-state index contributed by atoms with van der Waals surface area (Å²) in [6, 6.07) is 14.1. The number of fused-ring (bicyclic) bond motifs is 1. The fourth-order valence-corrected chi connectivity index (χ4v) is 3.82. The quantitative estimate of drug-likeness (QED) is 0.620. The van der Waals surface area contributed by atoms with E-state index in [9.17, 15) is 4.79 Å². The van der Waals surface area contributed by atoms with Gasteiger partial charge in [0.2, 0.25) is 0 Å². The second-order valence-corrected chi connectivity index (χ2v) is 7.41. The number of carbonyl (C=O) groups excluding carboxylic acids is 1. The van der Waals surface area contributed by atoms with Crippen LogP contribution in [0.25, 0.3) is 10.8 Å². The molecule has 0 saturated carbocycles. The number of nitrogens with zero attached hydrogens (tertiary/aromatic N) is 4. The summed E-state index contributed by atoms with van der Waals surface area (Å²) in [5, 5.41) is 2.29. The van der Waals surface area contributed by atoms with Gasteiger partial charge in [-0.15, -0.1) is 0 Å². The van der Waals surface area contributed by atoms with Crippen molar-refractivity contribution in [3.8, 4) is 5.75 Å². The fourth-order valence-electron chi connectivity index (χ4n) is 3.82. The molecule has 1 fully saturated rings. The van der Waals surface area contributed by atoms with E-state index in [0.717, 1.165) is 62.6 Å². The van der Waals surface area contributed by atoms with Gasteiger partial charge in [-0.25, -0.2) is 4.98 Å². The normalized spacial score (nSPS) is 15.0. The van der Waals surface area contributed by atoms with Crippen LogP contribution in [0, 0.1) is 0 Å². The summed E-state index contributed by atoms with van der Waals surface area (Å²) in [6.45, 7) is 7.46. The molecule has 1 saturated heterocycles. The van der Waals surface area contributed by atoms with Gasteiger partial charge < -0.3 is 14.2 Å². The highest BCUT2D eigenvalue weighted by Crippen LogP contribution is 2.20. The van der Waals surface area contributed by atoms with E-state index in [4.69, 9.17) is 4.74 Å². The van der Waals surface area contributed by atoms with Crippen LogP contribution >= 0.6 is 0 Å². The molecule has 6 nitrogen and oxygen atoms in total. The summed E-state index contributed by atoms with van der Waals surface area (Å²) in [5.41, 5.74) is 0. The lowest BCUT2D eigenvalue weighted by molar-refractivity contribution is -0.135. The van der Waals surface area contributed by atoms with E-state index in [1.165, 1.54) is 5.39 Å². The standard InChI is InChI=1S/C23H28N4O2/c1-2-22-24-9-10-26(22)14-11-25-12-15-27(16-13-25)23(28)18-29-21-8-7-19-5-3-4-6-20(19)17-21/h3-10,17H,2,11-16,18H2,1H3. The summed E-state index contributed by atoms with van der Waals surface area (Å²) < 4.78 is 7.98. The molecule has 1 aliphatic heterocycles. The van der Waals surface area contributed by atoms with Crippen LogP contribution in [0.15, 0.2) is 54.9 Å². The number of benzene rings is 2. The van der Waals surface area contributed by atoms with Crippen molar-refractivity contribution in [1.29, 1.82) is 0 Å². The Bertz CT molecular complexity index is 960. The van der Waals surface area contributed by atoms with Gasteiger partial charge >= 0.3 is 0 Å². The third kappa shape index (κ3) is 4.77. The van der Waals surface area contributed by atoms with E-state index in [0.29, 0.717) is 0 Å². The molecule has 1 aliphatic rings. The lowest BCUT2D eigenvalue weighted by Gasteiger charge is -2.34. The second kappa shape index (κ2) is 9.09. The van der Waals surface area contributed by atoms with Crippen molar-refractivity contribution in [2.75, 3.05) is 39.3 Å². The lowest BCUT2D eigenvalue weighted by Crippen LogP contribution is -2.50. The summed E-state index contributed by atoms with van der Waals surface area (Å²) in [7, 11) is 0. The zero-order valence-corrected chi connectivity index (χ0v) is 17.0. The molecule has 2 heterocycles. The molecule has 0 bridgehead atoms. The minimum absolute atomic E-state index is 0.0562. The predicted octanol–water partition coefficient (Wildman–Crippen LogP) is 2.82. The number of ether oxygens (including phenoxy) is 1. The van der Waals surface area contributed by atoms with E-state index < -0.39 is 0 Å². The number of hydrogen-bond donors (Lipinski definition) is 0. The van der Waals surface area contributed by atoms with Crippen LogP contribution in [0.1, 0.15) is 12.7 Å². The molecule has 4 rings (SSSR count). The zero-order chi connectivity index (χ0) is 20.1. The van der Waals surface area contributed by atoms with Crippen molar-refractivity contribution < 1.29 is 9.53 Å². The highest BCUT2D eigenvalue weighted by atomic mass is 16.5. The number of aromatic nitrogens is 2. The summed E-state index contributed by atoms with van der Waals surface area (Å²) in [6.07, 6.45) is 4.86. The van der Waals surface area contributed by atoms with Crippen molar-refractivity contribution in [1.82, 2.24) is 19.4 Å². The Labute approximate surface area is 171 Å². The van der Waals surface area contributed by atoms with Crippen LogP contribution < -0.4 is 4.74 Å². The number of carbonyl (C=O) groups is 1. The minimum Gasteiger partial charge on any atom is -0.484 e. The van der Waals surface area contributed by atoms with E-state index in [2.05, 4.69) is 33.5 Å². The van der Waals surface area contributed by atoms with Crippen molar-refractivity contribution in [3.63, 3.8) is 0 Å². The molecule has 0 N–H and O–H groups in total. The second-order valence-electron chi connectivity index (χ2n) is 7.41. The topological polar surface area (TPSA) is 50.6 Å². The van der Waals surface area contributed by atoms with Gasteiger partial charge in [-0.3, -0.25) is 9.69 Å². The van der Waals surface area contributed by atoms with Crippen LogP contribution in [0.3, 0.4) is 0 Å². The Morgan fingerprint density at radius 3 is 2.62 bits per heavy atom. The van der Waals surface area contributed by atoms with Crippen molar-refractivity contribution in [2.45, 2.75) is 19.9 Å². The van der Waals surface area contributed by atoms with Gasteiger partial charge in [0.1, 0.15) is 11.6 Å². The number of rotatable bonds is 7. The third-order valence-electron chi connectivity index (χ3n) is 5.58. The molecule has 3 aromatic rings. The molecule has 0 spiro atoms. The van der Waals surface area contributed by atoms with Crippen molar-refractivity contribution in [3.05, 3.63) is 60.7 Å². The largest absolute Gasteiger partial charge is 0.484 e. The Kier molecular flexibility index (Phi) is 6.10. The van der Waals surface area contributed by atoms with Gasteiger partial charge in [0.15, 0.2) is 6.61 Å². The molecule has 0 radical (unpaired) electrons. The van der Waals surface area contributed by atoms with Gasteiger partial charge in [-0.2, -0.15) is 0 Å². The molecule has 2 aromatic carbocycles. The van der Waals surface area contributed by atoms with Gasteiger partial charge in [-0.05, 0) is 22.9 Å². The van der Waals surface area contributed by atoms with Crippen molar-refractivity contribution in [2.24, 2.45) is 0 Å². The number of piperazine rings is 1. The minimum atomic E-state index is 0.0562. The Hall–Kier alpha value is -2.86. The Morgan fingerprint density at radius 2 is 1.83 bits per heavy atom. The van der Waals surface area contributed by atoms with E-state index in [1.807, 2.05) is 47.6 Å². The molecule has 152 valence electrons. The predicted molar refractivity (Wildman–Crippen MR) is 114 cm³/mol. The molecule has 6 heteroatoms. The number of amides is 1. The maximum atomic E-state index is 12.5. The lowest BCUT2D eigenvalue weighted by atomic mass is 10.1. The van der Waals surface area contributed by atoms with E-state index >= 15 is 0 Å². The first-order chi connectivity index (χ1) is 14.2. The van der Waals surface area contributed by atoms with Gasteiger partial charge in [0.05, 0.1) is 0 Å². The smallest absolute Gasteiger partial charge is 0.260 e. The molecular weight excluding hydrogens is 364 g/mol. The zero-order valence-electron chi connectivity index (χ0n) is 17.0. The van der Waals surface area contributed by atoms with Gasteiger partial charge in [0, 0.05) is 58.1 Å². The van der Waals surface area contributed by atoms with Crippen LogP contribution in [0.4, 0.5) is 0 Å². The number of imidazole rings is 1. The van der Waals surface area contributed by atoms with E-state index in [-0.39, 0.29) is 12.5 Å². The summed E-state index contributed by atoms with van der Waals surface area (Å²) in [5.74, 6) is 1.92. The van der Waals surface area contributed by atoms with Gasteiger partial charge in [-0.1, -0.05) is 37.3 Å². The van der Waals surface area contributed by atoms with Gasteiger partial charge in [0.25, 0.3) is 5.91 Å². The maximum absolute atomic E-state index is 12.5. The molecular formula is C23H28N4O2. The molecule has 29 heavy (non-hydrogen) atoms. The average Bonchev–Trinajstić information content (AvgIpc) is 3.24. The van der Waals surface area contributed by atoms with Crippen molar-refractivity contribution >= 4 is 16.7 Å². The fraction of sp³-hybridized carbons (Fsp3) is 0.391. The van der Waals surface area contributed by atoms with Crippen LogP contribution in [0.2, 0.25) is 0 Å². The highest BCUT2D eigenvalue weighted by Gasteiger charge is 2.21. The molecule has 1 aromatic heterocycles. The molecule has 0 unspecified atom stereocenters. The summed E-state index contributed by atoms with van der Waals surface area (Å²) in [4.78, 5) is 21.2.